The molecule has 2 rings (SSSR count). The molecule has 100 valence electrons. The van der Waals surface area contributed by atoms with Gasteiger partial charge in [-0.2, -0.15) is 0 Å². The molecule has 0 aliphatic carbocycles. The summed E-state index contributed by atoms with van der Waals surface area (Å²) in [5, 5.41) is 0.730. The SMILES string of the molecule is COc1ccccc1C(C)(N)Cc1cccc(Cl)c1. The van der Waals surface area contributed by atoms with Gasteiger partial charge in [-0.25, -0.2) is 0 Å². The van der Waals surface area contributed by atoms with E-state index in [2.05, 4.69) is 0 Å². The largest absolute Gasteiger partial charge is 0.496 e. The topological polar surface area (TPSA) is 35.2 Å². The van der Waals surface area contributed by atoms with E-state index in [0.717, 1.165) is 21.9 Å². The van der Waals surface area contributed by atoms with Crippen molar-refractivity contribution in [3.63, 3.8) is 0 Å². The molecule has 3 heteroatoms. The van der Waals surface area contributed by atoms with Gasteiger partial charge in [-0.3, -0.25) is 0 Å². The van der Waals surface area contributed by atoms with Gasteiger partial charge in [0, 0.05) is 16.1 Å². The van der Waals surface area contributed by atoms with Gasteiger partial charge in [-0.1, -0.05) is 41.9 Å². The lowest BCUT2D eigenvalue weighted by Crippen LogP contribution is -2.35. The Bertz CT molecular complexity index is 566. The van der Waals surface area contributed by atoms with Crippen LogP contribution in [-0.4, -0.2) is 7.11 Å². The maximum absolute atomic E-state index is 6.47. The molecule has 2 aromatic carbocycles. The van der Waals surface area contributed by atoms with Crippen molar-refractivity contribution in [2.75, 3.05) is 7.11 Å². The van der Waals surface area contributed by atoms with Gasteiger partial charge in [0.05, 0.1) is 7.11 Å². The van der Waals surface area contributed by atoms with E-state index >= 15 is 0 Å². The van der Waals surface area contributed by atoms with Crippen LogP contribution in [0.5, 0.6) is 5.75 Å². The van der Waals surface area contributed by atoms with Gasteiger partial charge in [-0.15, -0.1) is 0 Å². The summed E-state index contributed by atoms with van der Waals surface area (Å²) in [5.41, 5.74) is 8.08. The van der Waals surface area contributed by atoms with E-state index in [0.29, 0.717) is 6.42 Å². The molecule has 19 heavy (non-hydrogen) atoms. The van der Waals surface area contributed by atoms with Crippen LogP contribution in [0.1, 0.15) is 18.1 Å². The van der Waals surface area contributed by atoms with Crippen LogP contribution in [0.25, 0.3) is 0 Å². The Morgan fingerprint density at radius 1 is 1.16 bits per heavy atom. The monoisotopic (exact) mass is 275 g/mol. The van der Waals surface area contributed by atoms with Crippen molar-refractivity contribution in [2.24, 2.45) is 5.73 Å². The molecule has 0 radical (unpaired) electrons. The number of methoxy groups -OCH3 is 1. The summed E-state index contributed by atoms with van der Waals surface area (Å²) in [6, 6.07) is 15.6. The number of nitrogens with two attached hydrogens (primary N) is 1. The van der Waals surface area contributed by atoms with Crippen LogP contribution in [0, 0.1) is 0 Å². The summed E-state index contributed by atoms with van der Waals surface area (Å²) < 4.78 is 5.39. The summed E-state index contributed by atoms with van der Waals surface area (Å²) in [7, 11) is 1.66. The fraction of sp³-hybridized carbons (Fsp3) is 0.250. The fourth-order valence-electron chi connectivity index (χ4n) is 2.28. The van der Waals surface area contributed by atoms with Crippen LogP contribution in [0.3, 0.4) is 0 Å². The van der Waals surface area contributed by atoms with Crippen molar-refractivity contribution in [1.82, 2.24) is 0 Å². The molecule has 0 aliphatic heterocycles. The first-order valence-electron chi connectivity index (χ1n) is 6.20. The van der Waals surface area contributed by atoms with Crippen molar-refractivity contribution in [2.45, 2.75) is 18.9 Å². The van der Waals surface area contributed by atoms with Crippen molar-refractivity contribution >= 4 is 11.6 Å². The number of rotatable bonds is 4. The highest BCUT2D eigenvalue weighted by Gasteiger charge is 2.25. The van der Waals surface area contributed by atoms with Crippen LogP contribution >= 0.6 is 11.6 Å². The predicted molar refractivity (Wildman–Crippen MR) is 79.7 cm³/mol. The summed E-state index contributed by atoms with van der Waals surface area (Å²) in [6.07, 6.45) is 0.702. The normalized spacial score (nSPS) is 13.9. The zero-order valence-electron chi connectivity index (χ0n) is 11.2. The van der Waals surface area contributed by atoms with Gasteiger partial charge in [0.25, 0.3) is 0 Å². The average Bonchev–Trinajstić information content (AvgIpc) is 2.38. The zero-order valence-corrected chi connectivity index (χ0v) is 11.9. The van der Waals surface area contributed by atoms with Crippen molar-refractivity contribution < 1.29 is 4.74 Å². The summed E-state index contributed by atoms with van der Waals surface area (Å²) in [6.45, 7) is 2.01. The van der Waals surface area contributed by atoms with Crippen LogP contribution in [0.4, 0.5) is 0 Å². The van der Waals surface area contributed by atoms with Crippen LogP contribution in [0.15, 0.2) is 48.5 Å². The number of benzene rings is 2. The highest BCUT2D eigenvalue weighted by Crippen LogP contribution is 2.30. The molecule has 2 nitrogen and oxygen atoms in total. The number of hydrogen-bond acceptors (Lipinski definition) is 2. The van der Waals surface area contributed by atoms with E-state index in [9.17, 15) is 0 Å². The molecule has 0 saturated carbocycles. The third-order valence-corrected chi connectivity index (χ3v) is 3.42. The first-order valence-corrected chi connectivity index (χ1v) is 6.57. The third-order valence-electron chi connectivity index (χ3n) is 3.18. The lowest BCUT2D eigenvalue weighted by Gasteiger charge is -2.27. The second kappa shape index (κ2) is 5.64. The van der Waals surface area contributed by atoms with Gasteiger partial charge in [0.2, 0.25) is 0 Å². The number of halogens is 1. The minimum absolute atomic E-state index is 0.503. The lowest BCUT2D eigenvalue weighted by molar-refractivity contribution is 0.386. The number of ether oxygens (including phenoxy) is 1. The first kappa shape index (κ1) is 13.9. The summed E-state index contributed by atoms with van der Waals surface area (Å²) >= 11 is 6.01. The average molecular weight is 276 g/mol. The van der Waals surface area contributed by atoms with Gasteiger partial charge in [0.1, 0.15) is 5.75 Å². The van der Waals surface area contributed by atoms with Crippen molar-refractivity contribution in [3.8, 4) is 5.75 Å². The van der Waals surface area contributed by atoms with Gasteiger partial charge < -0.3 is 10.5 Å². The molecular formula is C16H18ClNO. The van der Waals surface area contributed by atoms with Crippen molar-refractivity contribution in [3.05, 3.63) is 64.7 Å². The van der Waals surface area contributed by atoms with Crippen LogP contribution < -0.4 is 10.5 Å². The molecule has 0 amide bonds. The van der Waals surface area contributed by atoms with Gasteiger partial charge >= 0.3 is 0 Å². The minimum atomic E-state index is -0.503. The molecule has 0 heterocycles. The Hall–Kier alpha value is -1.51. The molecule has 0 fully saturated rings. The van der Waals surface area contributed by atoms with Crippen LogP contribution in [-0.2, 0) is 12.0 Å². The molecular weight excluding hydrogens is 258 g/mol. The van der Waals surface area contributed by atoms with E-state index in [1.54, 1.807) is 7.11 Å². The molecule has 2 N–H and O–H groups in total. The quantitative estimate of drug-likeness (QED) is 0.922. The van der Waals surface area contributed by atoms with E-state index < -0.39 is 5.54 Å². The standard InChI is InChI=1S/C16H18ClNO/c1-16(18,11-12-6-5-7-13(17)10-12)14-8-3-4-9-15(14)19-2/h3-10H,11,18H2,1-2H3. The first-order chi connectivity index (χ1) is 9.03. The summed E-state index contributed by atoms with van der Waals surface area (Å²) in [5.74, 6) is 0.814. The van der Waals surface area contributed by atoms with Gasteiger partial charge in [-0.05, 0) is 37.1 Å². The van der Waals surface area contributed by atoms with E-state index in [-0.39, 0.29) is 0 Å². The van der Waals surface area contributed by atoms with E-state index in [1.165, 1.54) is 0 Å². The Morgan fingerprint density at radius 2 is 1.89 bits per heavy atom. The van der Waals surface area contributed by atoms with Crippen LogP contribution in [0.2, 0.25) is 5.02 Å². The molecule has 1 unspecified atom stereocenters. The molecule has 0 spiro atoms. The highest BCUT2D eigenvalue weighted by molar-refractivity contribution is 6.30. The molecule has 0 aromatic heterocycles. The second-order valence-electron chi connectivity index (χ2n) is 4.92. The fourth-order valence-corrected chi connectivity index (χ4v) is 2.50. The molecule has 0 saturated heterocycles. The Morgan fingerprint density at radius 3 is 2.58 bits per heavy atom. The van der Waals surface area contributed by atoms with E-state index in [1.807, 2.05) is 55.5 Å². The van der Waals surface area contributed by atoms with Crippen molar-refractivity contribution in [1.29, 1.82) is 0 Å². The van der Waals surface area contributed by atoms with Gasteiger partial charge in [0.15, 0.2) is 0 Å². The molecule has 0 bridgehead atoms. The second-order valence-corrected chi connectivity index (χ2v) is 5.36. The smallest absolute Gasteiger partial charge is 0.123 e. The third kappa shape index (κ3) is 3.28. The Balaban J connectivity index is 2.32. The maximum atomic E-state index is 6.47. The molecule has 0 aliphatic rings. The number of para-hydroxylation sites is 1. The summed E-state index contributed by atoms with van der Waals surface area (Å²) in [4.78, 5) is 0. The lowest BCUT2D eigenvalue weighted by atomic mass is 9.86. The number of hydrogen-bond donors (Lipinski definition) is 1. The minimum Gasteiger partial charge on any atom is -0.496 e. The van der Waals surface area contributed by atoms with E-state index in [4.69, 9.17) is 22.1 Å². The predicted octanol–water partition coefficient (Wildman–Crippen LogP) is 3.77. The maximum Gasteiger partial charge on any atom is 0.123 e. The Kier molecular flexibility index (Phi) is 4.13. The molecule has 1 atom stereocenters. The highest BCUT2D eigenvalue weighted by atomic mass is 35.5. The molecule has 2 aromatic rings. The Labute approximate surface area is 119 Å². The zero-order chi connectivity index (χ0) is 13.9.